The average molecular weight is 232 g/mol. The second-order valence-electron chi connectivity index (χ2n) is 4.86. The molecule has 2 aromatic heterocycles. The highest BCUT2D eigenvalue weighted by atomic mass is 16.5. The largest absolute Gasteiger partial charge is 0.338 e. The van der Waals surface area contributed by atoms with Crippen LogP contribution in [0.2, 0.25) is 0 Å². The van der Waals surface area contributed by atoms with Gasteiger partial charge in [0, 0.05) is 23.5 Å². The summed E-state index contributed by atoms with van der Waals surface area (Å²) in [7, 11) is 0. The minimum atomic E-state index is 0.0307. The number of hydrogen-bond donors (Lipinski definition) is 1. The van der Waals surface area contributed by atoms with Gasteiger partial charge >= 0.3 is 0 Å². The van der Waals surface area contributed by atoms with Crippen LogP contribution in [0.5, 0.6) is 0 Å². The van der Waals surface area contributed by atoms with Crippen LogP contribution in [-0.4, -0.2) is 20.7 Å². The lowest BCUT2D eigenvalue weighted by atomic mass is 10.1. The Morgan fingerprint density at radius 3 is 2.82 bits per heavy atom. The number of hydrogen-bond acceptors (Lipinski definition) is 5. The minimum absolute atomic E-state index is 0.0307. The van der Waals surface area contributed by atoms with Gasteiger partial charge in [0.15, 0.2) is 0 Å². The van der Waals surface area contributed by atoms with Gasteiger partial charge in [-0.3, -0.25) is 4.98 Å². The Labute approximate surface area is 100 Å². The summed E-state index contributed by atoms with van der Waals surface area (Å²) in [5.41, 5.74) is 0.890. The minimum Gasteiger partial charge on any atom is -0.338 e. The number of nitrogens with one attached hydrogen (secondary N) is 1. The molecular formula is C12H16N4O. The Bertz CT molecular complexity index is 473. The SMILES string of the molecule is CC(C)(C)NCc1nc(-c2cccnc2)no1. The van der Waals surface area contributed by atoms with Crippen molar-refractivity contribution in [1.82, 2.24) is 20.4 Å². The van der Waals surface area contributed by atoms with Crippen LogP contribution in [-0.2, 0) is 6.54 Å². The van der Waals surface area contributed by atoms with Crippen LogP contribution in [0.1, 0.15) is 26.7 Å². The van der Waals surface area contributed by atoms with Gasteiger partial charge in [0.25, 0.3) is 0 Å². The van der Waals surface area contributed by atoms with Crippen molar-refractivity contribution in [1.29, 1.82) is 0 Å². The third kappa shape index (κ3) is 3.35. The molecule has 2 rings (SSSR count). The predicted octanol–water partition coefficient (Wildman–Crippen LogP) is 2.02. The van der Waals surface area contributed by atoms with Crippen molar-refractivity contribution in [2.45, 2.75) is 32.9 Å². The van der Waals surface area contributed by atoms with Gasteiger partial charge in [-0.1, -0.05) is 5.16 Å². The van der Waals surface area contributed by atoms with Crippen LogP contribution in [0, 0.1) is 0 Å². The highest BCUT2D eigenvalue weighted by Crippen LogP contribution is 2.13. The van der Waals surface area contributed by atoms with Crippen molar-refractivity contribution in [2.75, 3.05) is 0 Å². The second-order valence-corrected chi connectivity index (χ2v) is 4.86. The molecule has 5 nitrogen and oxygen atoms in total. The van der Waals surface area contributed by atoms with Crippen LogP contribution < -0.4 is 5.32 Å². The smallest absolute Gasteiger partial charge is 0.240 e. The van der Waals surface area contributed by atoms with Crippen molar-refractivity contribution in [3.63, 3.8) is 0 Å². The molecule has 0 unspecified atom stereocenters. The topological polar surface area (TPSA) is 63.8 Å². The molecule has 0 fully saturated rings. The maximum absolute atomic E-state index is 5.16. The zero-order valence-corrected chi connectivity index (χ0v) is 10.3. The van der Waals surface area contributed by atoms with E-state index in [1.807, 2.05) is 12.1 Å². The molecule has 0 amide bonds. The molecule has 0 radical (unpaired) electrons. The number of pyridine rings is 1. The molecule has 0 saturated carbocycles. The standard InChI is InChI=1S/C12H16N4O/c1-12(2,3)14-8-10-15-11(16-17-10)9-5-4-6-13-7-9/h4-7,14H,8H2,1-3H3. The van der Waals surface area contributed by atoms with E-state index in [0.29, 0.717) is 18.3 Å². The number of nitrogens with zero attached hydrogens (tertiary/aromatic N) is 3. The fourth-order valence-corrected chi connectivity index (χ4v) is 1.28. The van der Waals surface area contributed by atoms with E-state index in [1.165, 1.54) is 0 Å². The van der Waals surface area contributed by atoms with Crippen molar-refractivity contribution in [3.8, 4) is 11.4 Å². The Morgan fingerprint density at radius 2 is 2.18 bits per heavy atom. The highest BCUT2D eigenvalue weighted by Gasteiger charge is 2.12. The molecule has 17 heavy (non-hydrogen) atoms. The molecule has 0 aromatic carbocycles. The lowest BCUT2D eigenvalue weighted by Crippen LogP contribution is -2.35. The predicted molar refractivity (Wildman–Crippen MR) is 64.1 cm³/mol. The number of rotatable bonds is 3. The van der Waals surface area contributed by atoms with Gasteiger partial charge in [0.05, 0.1) is 6.54 Å². The van der Waals surface area contributed by atoms with E-state index < -0.39 is 0 Å². The van der Waals surface area contributed by atoms with Crippen molar-refractivity contribution in [2.24, 2.45) is 0 Å². The van der Waals surface area contributed by atoms with E-state index in [4.69, 9.17) is 4.52 Å². The van der Waals surface area contributed by atoms with E-state index in [1.54, 1.807) is 12.4 Å². The van der Waals surface area contributed by atoms with Crippen LogP contribution in [0.4, 0.5) is 0 Å². The summed E-state index contributed by atoms with van der Waals surface area (Å²) in [6.07, 6.45) is 3.43. The third-order valence-corrected chi connectivity index (χ3v) is 2.16. The van der Waals surface area contributed by atoms with Gasteiger partial charge in [-0.05, 0) is 32.9 Å². The quantitative estimate of drug-likeness (QED) is 0.877. The summed E-state index contributed by atoms with van der Waals surface area (Å²) in [5.74, 6) is 1.16. The van der Waals surface area contributed by atoms with Crippen LogP contribution in [0.25, 0.3) is 11.4 Å². The van der Waals surface area contributed by atoms with Crippen LogP contribution in [0.3, 0.4) is 0 Å². The lowest BCUT2D eigenvalue weighted by Gasteiger charge is -2.18. The monoisotopic (exact) mass is 232 g/mol. The Hall–Kier alpha value is -1.75. The van der Waals surface area contributed by atoms with Gasteiger partial charge in [-0.15, -0.1) is 0 Å². The third-order valence-electron chi connectivity index (χ3n) is 2.16. The molecule has 0 bridgehead atoms. The molecule has 0 aliphatic rings. The van der Waals surface area contributed by atoms with Gasteiger partial charge in [0.1, 0.15) is 0 Å². The first-order valence-corrected chi connectivity index (χ1v) is 5.53. The Kier molecular flexibility index (Phi) is 3.19. The first kappa shape index (κ1) is 11.7. The number of aromatic nitrogens is 3. The molecule has 0 spiro atoms. The first-order valence-electron chi connectivity index (χ1n) is 5.53. The molecular weight excluding hydrogens is 216 g/mol. The molecule has 0 aliphatic heterocycles. The summed E-state index contributed by atoms with van der Waals surface area (Å²) in [4.78, 5) is 8.32. The molecule has 0 aliphatic carbocycles. The normalized spacial score (nSPS) is 11.7. The molecule has 2 aromatic rings. The van der Waals surface area contributed by atoms with E-state index >= 15 is 0 Å². The summed E-state index contributed by atoms with van der Waals surface area (Å²) in [6, 6.07) is 3.75. The maximum atomic E-state index is 5.16. The first-order chi connectivity index (χ1) is 8.04. The van der Waals surface area contributed by atoms with Crippen molar-refractivity contribution >= 4 is 0 Å². The Morgan fingerprint density at radius 1 is 1.35 bits per heavy atom. The van der Waals surface area contributed by atoms with Crippen molar-refractivity contribution in [3.05, 3.63) is 30.4 Å². The molecule has 2 heterocycles. The highest BCUT2D eigenvalue weighted by molar-refractivity contribution is 5.51. The summed E-state index contributed by atoms with van der Waals surface area (Å²) < 4.78 is 5.16. The summed E-state index contributed by atoms with van der Waals surface area (Å²) >= 11 is 0. The molecule has 5 heteroatoms. The molecule has 0 atom stereocenters. The molecule has 90 valence electrons. The van der Waals surface area contributed by atoms with Gasteiger partial charge in [-0.25, -0.2) is 0 Å². The maximum Gasteiger partial charge on any atom is 0.240 e. The zero-order chi connectivity index (χ0) is 12.3. The second kappa shape index (κ2) is 4.63. The van der Waals surface area contributed by atoms with Crippen LogP contribution >= 0.6 is 0 Å². The van der Waals surface area contributed by atoms with Crippen molar-refractivity contribution < 1.29 is 4.52 Å². The summed E-state index contributed by atoms with van der Waals surface area (Å²) in [5, 5.41) is 7.21. The average Bonchev–Trinajstić information content (AvgIpc) is 2.75. The van der Waals surface area contributed by atoms with Gasteiger partial charge in [0.2, 0.25) is 11.7 Å². The Balaban J connectivity index is 2.07. The fourth-order valence-electron chi connectivity index (χ4n) is 1.28. The summed E-state index contributed by atoms with van der Waals surface area (Å²) in [6.45, 7) is 6.83. The van der Waals surface area contributed by atoms with E-state index in [0.717, 1.165) is 5.56 Å². The van der Waals surface area contributed by atoms with Gasteiger partial charge < -0.3 is 9.84 Å². The lowest BCUT2D eigenvalue weighted by molar-refractivity contribution is 0.336. The van der Waals surface area contributed by atoms with E-state index in [-0.39, 0.29) is 5.54 Å². The van der Waals surface area contributed by atoms with E-state index in [9.17, 15) is 0 Å². The van der Waals surface area contributed by atoms with E-state index in [2.05, 4.69) is 41.2 Å². The van der Waals surface area contributed by atoms with Crippen LogP contribution in [0.15, 0.2) is 29.0 Å². The molecule has 0 saturated heterocycles. The molecule has 1 N–H and O–H groups in total. The van der Waals surface area contributed by atoms with Gasteiger partial charge in [-0.2, -0.15) is 4.98 Å². The zero-order valence-electron chi connectivity index (χ0n) is 10.3. The fraction of sp³-hybridized carbons (Fsp3) is 0.417.